The van der Waals surface area contributed by atoms with Gasteiger partial charge in [0.25, 0.3) is 0 Å². The van der Waals surface area contributed by atoms with Crippen LogP contribution >= 0.6 is 0 Å². The zero-order valence-electron chi connectivity index (χ0n) is 14.1. The van der Waals surface area contributed by atoms with Gasteiger partial charge < -0.3 is 5.11 Å². The van der Waals surface area contributed by atoms with Gasteiger partial charge in [-0.15, -0.1) is 0 Å². The average molecular weight is 317 g/mol. The van der Waals surface area contributed by atoms with Crippen molar-refractivity contribution in [2.45, 2.75) is 11.6 Å². The van der Waals surface area contributed by atoms with Crippen LogP contribution in [0.1, 0.15) is 22.7 Å². The molecule has 24 heavy (non-hydrogen) atoms. The molecule has 0 aliphatic carbocycles. The Balaban J connectivity index is 2.24. The summed E-state index contributed by atoms with van der Waals surface area (Å²) < 4.78 is 0. The molecule has 0 bridgehead atoms. The zero-order chi connectivity index (χ0) is 17.0. The highest BCUT2D eigenvalue weighted by molar-refractivity contribution is 5.41. The van der Waals surface area contributed by atoms with Gasteiger partial charge in [-0.2, -0.15) is 0 Å². The van der Waals surface area contributed by atoms with Gasteiger partial charge in [-0.1, -0.05) is 91.0 Å². The molecule has 0 radical (unpaired) electrons. The third-order valence-corrected chi connectivity index (χ3v) is 4.46. The number of hydrogen-bond acceptors (Lipinski definition) is 2. The van der Waals surface area contributed by atoms with E-state index in [1.165, 1.54) is 0 Å². The second-order valence-electron chi connectivity index (χ2n) is 6.28. The van der Waals surface area contributed by atoms with Crippen LogP contribution in [-0.2, 0) is 5.60 Å². The summed E-state index contributed by atoms with van der Waals surface area (Å²) in [6, 6.07) is 29.8. The predicted molar refractivity (Wildman–Crippen MR) is 98.8 cm³/mol. The van der Waals surface area contributed by atoms with Gasteiger partial charge in [-0.3, -0.25) is 4.90 Å². The molecular formula is C22H23NO. The number of hydrogen-bond donors (Lipinski definition) is 1. The lowest BCUT2D eigenvalue weighted by Gasteiger charge is -2.41. The first kappa shape index (κ1) is 16.4. The summed E-state index contributed by atoms with van der Waals surface area (Å²) in [5.74, 6) is 0. The van der Waals surface area contributed by atoms with E-state index in [0.717, 1.165) is 16.7 Å². The van der Waals surface area contributed by atoms with Crippen molar-refractivity contribution in [3.05, 3.63) is 108 Å². The van der Waals surface area contributed by atoms with Crippen molar-refractivity contribution in [2.75, 3.05) is 14.1 Å². The van der Waals surface area contributed by atoms with Crippen LogP contribution in [0.25, 0.3) is 0 Å². The zero-order valence-corrected chi connectivity index (χ0v) is 14.1. The van der Waals surface area contributed by atoms with Gasteiger partial charge in [0.2, 0.25) is 0 Å². The molecule has 0 unspecified atom stereocenters. The maximum atomic E-state index is 12.0. The van der Waals surface area contributed by atoms with Crippen LogP contribution in [0.4, 0.5) is 0 Å². The fourth-order valence-corrected chi connectivity index (χ4v) is 3.42. The molecule has 3 aromatic carbocycles. The van der Waals surface area contributed by atoms with E-state index >= 15 is 0 Å². The van der Waals surface area contributed by atoms with E-state index in [0.29, 0.717) is 0 Å². The van der Waals surface area contributed by atoms with E-state index in [-0.39, 0.29) is 6.04 Å². The van der Waals surface area contributed by atoms with Crippen LogP contribution in [0.15, 0.2) is 91.0 Å². The minimum absolute atomic E-state index is 0.205. The number of benzene rings is 3. The normalized spacial score (nSPS) is 13.0. The predicted octanol–water partition coefficient (Wildman–Crippen LogP) is 4.23. The average Bonchev–Trinajstić information content (AvgIpc) is 2.64. The molecule has 1 N–H and O–H groups in total. The molecule has 122 valence electrons. The molecule has 1 atom stereocenters. The van der Waals surface area contributed by atoms with E-state index in [9.17, 15) is 5.11 Å². The first-order valence-electron chi connectivity index (χ1n) is 8.19. The van der Waals surface area contributed by atoms with Crippen molar-refractivity contribution in [3.63, 3.8) is 0 Å². The minimum Gasteiger partial charge on any atom is -0.378 e. The van der Waals surface area contributed by atoms with Crippen molar-refractivity contribution in [1.29, 1.82) is 0 Å². The van der Waals surface area contributed by atoms with Crippen molar-refractivity contribution in [3.8, 4) is 0 Å². The molecule has 0 saturated carbocycles. The first-order valence-corrected chi connectivity index (χ1v) is 8.19. The van der Waals surface area contributed by atoms with E-state index in [2.05, 4.69) is 17.0 Å². The maximum absolute atomic E-state index is 12.0. The summed E-state index contributed by atoms with van der Waals surface area (Å²) in [5, 5.41) is 12.0. The molecule has 3 aromatic rings. The van der Waals surface area contributed by atoms with Crippen molar-refractivity contribution < 1.29 is 5.11 Å². The first-order chi connectivity index (χ1) is 11.6. The van der Waals surface area contributed by atoms with Gasteiger partial charge in [-0.25, -0.2) is 0 Å². The van der Waals surface area contributed by atoms with Crippen molar-refractivity contribution in [1.82, 2.24) is 4.90 Å². The van der Waals surface area contributed by atoms with Gasteiger partial charge in [-0.05, 0) is 30.8 Å². The second kappa shape index (κ2) is 7.00. The summed E-state index contributed by atoms with van der Waals surface area (Å²) in [6.45, 7) is 0. The minimum atomic E-state index is -1.15. The van der Waals surface area contributed by atoms with Gasteiger partial charge in [0.05, 0.1) is 6.04 Å². The Bertz CT molecular complexity index is 714. The topological polar surface area (TPSA) is 23.5 Å². The number of nitrogens with zero attached hydrogens (tertiary/aromatic N) is 1. The molecule has 2 heteroatoms. The quantitative estimate of drug-likeness (QED) is 0.761. The lowest BCUT2D eigenvalue weighted by atomic mass is 9.77. The Hall–Kier alpha value is -2.42. The molecular weight excluding hydrogens is 294 g/mol. The molecule has 0 saturated heterocycles. The Morgan fingerprint density at radius 3 is 1.42 bits per heavy atom. The Morgan fingerprint density at radius 1 is 0.667 bits per heavy atom. The highest BCUT2D eigenvalue weighted by atomic mass is 16.3. The molecule has 0 aliphatic heterocycles. The van der Waals surface area contributed by atoms with Crippen molar-refractivity contribution >= 4 is 0 Å². The van der Waals surface area contributed by atoms with Crippen LogP contribution < -0.4 is 0 Å². The largest absolute Gasteiger partial charge is 0.378 e. The van der Waals surface area contributed by atoms with E-state index in [4.69, 9.17) is 0 Å². The molecule has 0 amide bonds. The van der Waals surface area contributed by atoms with Crippen LogP contribution in [0.5, 0.6) is 0 Å². The number of likely N-dealkylation sites (N-methyl/N-ethyl adjacent to an activating group) is 1. The smallest absolute Gasteiger partial charge is 0.134 e. The summed E-state index contributed by atoms with van der Waals surface area (Å²) in [6.07, 6.45) is 0. The molecule has 0 fully saturated rings. The van der Waals surface area contributed by atoms with Crippen LogP contribution in [0.2, 0.25) is 0 Å². The second-order valence-corrected chi connectivity index (χ2v) is 6.28. The lowest BCUT2D eigenvalue weighted by molar-refractivity contribution is -0.00473. The Kier molecular flexibility index (Phi) is 4.79. The highest BCUT2D eigenvalue weighted by Gasteiger charge is 2.42. The number of aliphatic hydroxyl groups is 1. The number of rotatable bonds is 5. The van der Waals surface area contributed by atoms with Crippen LogP contribution in [-0.4, -0.2) is 24.1 Å². The van der Waals surface area contributed by atoms with Gasteiger partial charge in [0.1, 0.15) is 5.60 Å². The lowest BCUT2D eigenvalue weighted by Crippen LogP contribution is -2.42. The van der Waals surface area contributed by atoms with Crippen LogP contribution in [0.3, 0.4) is 0 Å². The van der Waals surface area contributed by atoms with Gasteiger partial charge in [0.15, 0.2) is 0 Å². The standard InChI is InChI=1S/C22H23NO/c1-23(2)21(18-12-6-3-7-13-18)22(24,19-14-8-4-9-15-19)20-16-10-5-11-17-20/h3-17,21,24H,1-2H3/t21-/m1/s1. The van der Waals surface area contributed by atoms with E-state index in [1.54, 1.807) is 0 Å². The molecule has 0 spiro atoms. The fraction of sp³-hybridized carbons (Fsp3) is 0.182. The fourth-order valence-electron chi connectivity index (χ4n) is 3.42. The molecule has 0 heterocycles. The molecule has 0 aromatic heterocycles. The third-order valence-electron chi connectivity index (χ3n) is 4.46. The summed E-state index contributed by atoms with van der Waals surface area (Å²) in [5.41, 5.74) is 1.71. The molecule has 2 nitrogen and oxygen atoms in total. The third kappa shape index (κ3) is 2.99. The van der Waals surface area contributed by atoms with E-state index < -0.39 is 5.60 Å². The molecule has 0 aliphatic rings. The maximum Gasteiger partial charge on any atom is 0.134 e. The summed E-state index contributed by atoms with van der Waals surface area (Å²) in [4.78, 5) is 2.08. The van der Waals surface area contributed by atoms with E-state index in [1.807, 2.05) is 93.0 Å². The Labute approximate surface area is 144 Å². The Morgan fingerprint density at radius 2 is 1.04 bits per heavy atom. The van der Waals surface area contributed by atoms with Crippen LogP contribution in [0, 0.1) is 0 Å². The molecule has 3 rings (SSSR count). The summed E-state index contributed by atoms with van der Waals surface area (Å²) in [7, 11) is 4.02. The van der Waals surface area contributed by atoms with Gasteiger partial charge in [0, 0.05) is 0 Å². The highest BCUT2D eigenvalue weighted by Crippen LogP contribution is 2.43. The van der Waals surface area contributed by atoms with Crippen molar-refractivity contribution in [2.24, 2.45) is 0 Å². The summed E-state index contributed by atoms with van der Waals surface area (Å²) >= 11 is 0. The monoisotopic (exact) mass is 317 g/mol. The van der Waals surface area contributed by atoms with Gasteiger partial charge >= 0.3 is 0 Å². The SMILES string of the molecule is CN(C)[C@H](c1ccccc1)C(O)(c1ccccc1)c1ccccc1.